The largest absolute Gasteiger partial charge is 0.302 e. The third kappa shape index (κ3) is 4.24. The molecule has 2 atom stereocenters. The second-order valence-electron chi connectivity index (χ2n) is 5.79. The molecule has 0 aliphatic carbocycles. The van der Waals surface area contributed by atoms with Crippen LogP contribution in [0, 0.1) is 5.92 Å². The molecule has 2 heterocycles. The average molecular weight is 318 g/mol. The van der Waals surface area contributed by atoms with Crippen molar-refractivity contribution in [3.05, 3.63) is 43.0 Å². The van der Waals surface area contributed by atoms with Gasteiger partial charge in [0.1, 0.15) is 12.7 Å². The first-order valence-corrected chi connectivity index (χ1v) is 9.11. The van der Waals surface area contributed by atoms with Crippen LogP contribution in [0.1, 0.15) is 12.8 Å². The maximum Gasteiger partial charge on any atom is 0.137 e. The smallest absolute Gasteiger partial charge is 0.137 e. The van der Waals surface area contributed by atoms with E-state index in [0.717, 1.165) is 31.1 Å². The zero-order valence-electron chi connectivity index (χ0n) is 12.7. The summed E-state index contributed by atoms with van der Waals surface area (Å²) in [5.41, 5.74) is 0. The van der Waals surface area contributed by atoms with Crippen molar-refractivity contribution in [3.8, 4) is 0 Å². The van der Waals surface area contributed by atoms with Crippen LogP contribution in [0.2, 0.25) is 0 Å². The van der Waals surface area contributed by atoms with Gasteiger partial charge in [-0.1, -0.05) is 18.2 Å². The second-order valence-corrected chi connectivity index (χ2v) is 7.36. The molecule has 1 aromatic heterocycles. The van der Waals surface area contributed by atoms with Crippen LogP contribution in [-0.4, -0.2) is 49.3 Å². The van der Waals surface area contributed by atoms with E-state index in [9.17, 15) is 4.21 Å². The van der Waals surface area contributed by atoms with Crippen molar-refractivity contribution in [2.75, 3.05) is 25.4 Å². The van der Waals surface area contributed by atoms with Crippen LogP contribution in [0.15, 0.2) is 47.9 Å². The molecule has 1 aliphatic rings. The minimum absolute atomic E-state index is 0.612. The molecule has 0 bridgehead atoms. The zero-order chi connectivity index (χ0) is 15.2. The van der Waals surface area contributed by atoms with Gasteiger partial charge in [0.25, 0.3) is 0 Å². The predicted molar refractivity (Wildman–Crippen MR) is 86.9 cm³/mol. The summed E-state index contributed by atoms with van der Waals surface area (Å²) < 4.78 is 14.2. The molecule has 5 nitrogen and oxygen atoms in total. The van der Waals surface area contributed by atoms with Gasteiger partial charge >= 0.3 is 0 Å². The van der Waals surface area contributed by atoms with Crippen molar-refractivity contribution in [3.63, 3.8) is 0 Å². The topological polar surface area (TPSA) is 51.0 Å². The van der Waals surface area contributed by atoms with Gasteiger partial charge in [-0.15, -0.1) is 0 Å². The van der Waals surface area contributed by atoms with Crippen LogP contribution in [0.4, 0.5) is 0 Å². The lowest BCUT2D eigenvalue weighted by molar-refractivity contribution is 0.168. The van der Waals surface area contributed by atoms with Crippen molar-refractivity contribution < 1.29 is 4.21 Å². The molecule has 2 unspecified atom stereocenters. The zero-order valence-corrected chi connectivity index (χ0v) is 13.5. The Morgan fingerprint density at radius 1 is 1.27 bits per heavy atom. The van der Waals surface area contributed by atoms with Gasteiger partial charge in [0, 0.05) is 30.3 Å². The predicted octanol–water partition coefficient (Wildman–Crippen LogP) is 1.80. The summed E-state index contributed by atoms with van der Waals surface area (Å²) in [6, 6.07) is 9.74. The summed E-state index contributed by atoms with van der Waals surface area (Å²) in [6.07, 6.45) is 5.81. The lowest BCUT2D eigenvalue weighted by Crippen LogP contribution is -2.39. The Labute approximate surface area is 133 Å². The van der Waals surface area contributed by atoms with Crippen LogP contribution < -0.4 is 0 Å². The first kappa shape index (κ1) is 15.4. The summed E-state index contributed by atoms with van der Waals surface area (Å²) in [7, 11) is -0.897. The molecule has 22 heavy (non-hydrogen) atoms. The van der Waals surface area contributed by atoms with E-state index in [0.29, 0.717) is 11.7 Å². The molecule has 1 aliphatic heterocycles. The fourth-order valence-electron chi connectivity index (χ4n) is 3.00. The van der Waals surface area contributed by atoms with E-state index in [2.05, 4.69) is 15.0 Å². The number of nitrogens with zero attached hydrogens (tertiary/aromatic N) is 4. The lowest BCUT2D eigenvalue weighted by Gasteiger charge is -2.32. The fraction of sp³-hybridized carbons (Fsp3) is 0.500. The summed E-state index contributed by atoms with van der Waals surface area (Å²) in [6.45, 7) is 4.00. The number of hydrogen-bond donors (Lipinski definition) is 0. The van der Waals surface area contributed by atoms with Crippen LogP contribution in [0.5, 0.6) is 0 Å². The highest BCUT2D eigenvalue weighted by Crippen LogP contribution is 2.18. The minimum atomic E-state index is -0.897. The van der Waals surface area contributed by atoms with Crippen LogP contribution in [0.3, 0.4) is 0 Å². The first-order chi connectivity index (χ1) is 10.8. The Kier molecular flexibility index (Phi) is 5.34. The molecule has 6 heteroatoms. The van der Waals surface area contributed by atoms with Crippen molar-refractivity contribution >= 4 is 10.8 Å². The number of rotatable bonds is 6. The molecular formula is C16H22N4OS. The van der Waals surface area contributed by atoms with Gasteiger partial charge in [0.2, 0.25) is 0 Å². The Morgan fingerprint density at radius 3 is 2.91 bits per heavy atom. The Morgan fingerprint density at radius 2 is 2.14 bits per heavy atom. The maximum atomic E-state index is 12.3. The normalized spacial score (nSPS) is 20.8. The molecule has 0 N–H and O–H groups in total. The summed E-state index contributed by atoms with van der Waals surface area (Å²) in [5.74, 6) is 1.32. The van der Waals surface area contributed by atoms with Gasteiger partial charge in [-0.25, -0.2) is 4.98 Å². The quantitative estimate of drug-likeness (QED) is 0.815. The van der Waals surface area contributed by atoms with Crippen molar-refractivity contribution in [1.82, 2.24) is 19.7 Å². The summed E-state index contributed by atoms with van der Waals surface area (Å²) in [5, 5.41) is 4.19. The molecule has 3 rings (SSSR count). The van der Waals surface area contributed by atoms with E-state index < -0.39 is 10.8 Å². The first-order valence-electron chi connectivity index (χ1n) is 7.79. The maximum absolute atomic E-state index is 12.3. The monoisotopic (exact) mass is 318 g/mol. The van der Waals surface area contributed by atoms with Gasteiger partial charge in [-0.2, -0.15) is 5.10 Å². The molecule has 118 valence electrons. The highest BCUT2D eigenvalue weighted by molar-refractivity contribution is 7.85. The number of aromatic nitrogens is 3. The number of likely N-dealkylation sites (tertiary alicyclic amines) is 1. The van der Waals surface area contributed by atoms with Gasteiger partial charge in [-0.3, -0.25) is 8.89 Å². The van der Waals surface area contributed by atoms with Crippen LogP contribution >= 0.6 is 0 Å². The Hall–Kier alpha value is -1.53. The SMILES string of the molecule is O=S(CCN1CCCC(Cn2cncn2)C1)c1ccccc1. The molecule has 0 saturated carbocycles. The van der Waals surface area contributed by atoms with Gasteiger partial charge in [0.05, 0.1) is 10.8 Å². The highest BCUT2D eigenvalue weighted by atomic mass is 32.2. The third-order valence-corrected chi connectivity index (χ3v) is 5.47. The van der Waals surface area contributed by atoms with Crippen molar-refractivity contribution in [2.24, 2.45) is 5.92 Å². The van der Waals surface area contributed by atoms with Crippen LogP contribution in [0.25, 0.3) is 0 Å². The average Bonchev–Trinajstić information content (AvgIpc) is 3.07. The summed E-state index contributed by atoms with van der Waals surface area (Å²) >= 11 is 0. The minimum Gasteiger partial charge on any atom is -0.302 e. The molecule has 1 fully saturated rings. The number of piperidine rings is 1. The molecule has 0 spiro atoms. The molecule has 1 aromatic carbocycles. The van der Waals surface area contributed by atoms with E-state index >= 15 is 0 Å². The molecule has 2 aromatic rings. The van der Waals surface area contributed by atoms with Crippen molar-refractivity contribution in [2.45, 2.75) is 24.3 Å². The van der Waals surface area contributed by atoms with E-state index in [1.165, 1.54) is 12.8 Å². The highest BCUT2D eigenvalue weighted by Gasteiger charge is 2.20. The number of benzene rings is 1. The van der Waals surface area contributed by atoms with E-state index in [1.54, 1.807) is 12.7 Å². The Bertz CT molecular complexity index is 587. The van der Waals surface area contributed by atoms with Crippen molar-refractivity contribution in [1.29, 1.82) is 0 Å². The van der Waals surface area contributed by atoms with E-state index in [1.807, 2.05) is 35.0 Å². The number of hydrogen-bond acceptors (Lipinski definition) is 4. The van der Waals surface area contributed by atoms with E-state index in [-0.39, 0.29) is 0 Å². The molecule has 0 amide bonds. The Balaban J connectivity index is 1.47. The second kappa shape index (κ2) is 7.65. The van der Waals surface area contributed by atoms with Gasteiger partial charge in [-0.05, 0) is 37.4 Å². The van der Waals surface area contributed by atoms with Gasteiger partial charge in [0.15, 0.2) is 0 Å². The molecular weight excluding hydrogens is 296 g/mol. The fourth-order valence-corrected chi connectivity index (χ4v) is 4.12. The lowest BCUT2D eigenvalue weighted by atomic mass is 9.98. The standard InChI is InChI=1S/C16H22N4OS/c21-22(16-6-2-1-3-7-16)10-9-19-8-4-5-15(11-19)12-20-14-17-13-18-20/h1-3,6-7,13-15H,4-5,8-12H2. The molecule has 0 radical (unpaired) electrons. The van der Waals surface area contributed by atoms with E-state index in [4.69, 9.17) is 0 Å². The van der Waals surface area contributed by atoms with Crippen LogP contribution in [-0.2, 0) is 17.3 Å². The third-order valence-electron chi connectivity index (χ3n) is 4.11. The van der Waals surface area contributed by atoms with Gasteiger partial charge < -0.3 is 4.90 Å². The molecule has 1 saturated heterocycles. The summed E-state index contributed by atoms with van der Waals surface area (Å²) in [4.78, 5) is 7.36.